The number of hydrogen-bond donors (Lipinski definition) is 2. The van der Waals surface area contributed by atoms with E-state index >= 15 is 0 Å². The lowest BCUT2D eigenvalue weighted by molar-refractivity contribution is 1.11. The van der Waals surface area contributed by atoms with Crippen LogP contribution in [0.3, 0.4) is 0 Å². The van der Waals surface area contributed by atoms with Gasteiger partial charge in [-0.25, -0.2) is 4.98 Å². The maximum Gasteiger partial charge on any atom is 0.269 e. The number of thioether (sulfide) groups is 1. The van der Waals surface area contributed by atoms with E-state index < -0.39 is 5.56 Å². The minimum absolute atomic E-state index is 0.0340. The van der Waals surface area contributed by atoms with E-state index in [0.717, 1.165) is 5.56 Å². The van der Waals surface area contributed by atoms with Gasteiger partial charge in [-0.3, -0.25) is 4.79 Å². The average Bonchev–Trinajstić information content (AvgIpc) is 2.61. The quantitative estimate of drug-likeness (QED) is 0.696. The van der Waals surface area contributed by atoms with Crippen LogP contribution in [0.2, 0.25) is 0 Å². The molecule has 1 aromatic carbocycles. The van der Waals surface area contributed by atoms with E-state index in [2.05, 4.69) is 16.0 Å². The number of rotatable bonds is 2. The second-order valence-corrected chi connectivity index (χ2v) is 5.72. The maximum absolute atomic E-state index is 12.0. The van der Waals surface area contributed by atoms with Crippen molar-refractivity contribution in [2.45, 2.75) is 5.03 Å². The van der Waals surface area contributed by atoms with E-state index in [1.165, 1.54) is 11.8 Å². The van der Waals surface area contributed by atoms with Crippen LogP contribution in [-0.2, 0) is 0 Å². The van der Waals surface area contributed by atoms with Crippen LogP contribution < -0.4 is 11.3 Å². The van der Waals surface area contributed by atoms with Crippen LogP contribution in [0, 0.1) is 22.7 Å². The zero-order chi connectivity index (χ0) is 17.3. The number of aromatic amines is 1. The number of benzene rings is 1. The second-order valence-electron chi connectivity index (χ2n) is 4.93. The molecular weight excluding hydrogens is 322 g/mol. The van der Waals surface area contributed by atoms with E-state index in [9.17, 15) is 15.3 Å². The first-order valence-electron chi connectivity index (χ1n) is 6.91. The summed E-state index contributed by atoms with van der Waals surface area (Å²) < 4.78 is 0. The Balaban J connectivity index is 2.62. The van der Waals surface area contributed by atoms with E-state index in [4.69, 9.17) is 5.73 Å². The van der Waals surface area contributed by atoms with Crippen LogP contribution in [0.25, 0.3) is 22.2 Å². The predicted octanol–water partition coefficient (Wildman–Crippen LogP) is 2.64. The van der Waals surface area contributed by atoms with Gasteiger partial charge in [0.1, 0.15) is 28.4 Å². The van der Waals surface area contributed by atoms with Gasteiger partial charge in [0.2, 0.25) is 0 Å². The van der Waals surface area contributed by atoms with Crippen LogP contribution in [0.4, 0.5) is 5.69 Å². The molecule has 7 heteroatoms. The molecule has 6 nitrogen and oxygen atoms in total. The van der Waals surface area contributed by atoms with Gasteiger partial charge in [-0.15, -0.1) is 11.8 Å². The molecule has 0 aliphatic heterocycles. The lowest BCUT2D eigenvalue weighted by Crippen LogP contribution is -2.15. The minimum atomic E-state index is -0.592. The fraction of sp³-hybridized carbons (Fsp3) is 0.0588. The molecule has 0 amide bonds. The predicted molar refractivity (Wildman–Crippen MR) is 93.4 cm³/mol. The molecule has 116 valence electrons. The highest BCUT2D eigenvalue weighted by Gasteiger charge is 2.21. The Bertz CT molecular complexity index is 1090. The van der Waals surface area contributed by atoms with Crippen LogP contribution in [0.1, 0.15) is 11.1 Å². The molecule has 3 aromatic rings. The Morgan fingerprint density at radius 3 is 2.42 bits per heavy atom. The van der Waals surface area contributed by atoms with Crippen molar-refractivity contribution >= 4 is 28.5 Å². The van der Waals surface area contributed by atoms with Crippen LogP contribution in [0.15, 0.2) is 40.2 Å². The summed E-state index contributed by atoms with van der Waals surface area (Å²) in [4.78, 5) is 19.0. The molecule has 0 atom stereocenters. The van der Waals surface area contributed by atoms with Gasteiger partial charge >= 0.3 is 0 Å². The SMILES string of the molecule is CSc1nc2[nH]c(=O)c(C#N)c(N)c2c(-c2ccccc2)c1C#N. The number of nitrogens with two attached hydrogens (primary N) is 1. The van der Waals surface area contributed by atoms with E-state index in [1.54, 1.807) is 6.26 Å². The number of nitrogen functional groups attached to an aromatic ring is 1. The van der Waals surface area contributed by atoms with Crippen molar-refractivity contribution in [3.05, 3.63) is 51.8 Å². The number of hydrogen-bond acceptors (Lipinski definition) is 6. The highest BCUT2D eigenvalue weighted by atomic mass is 32.2. The summed E-state index contributed by atoms with van der Waals surface area (Å²) in [6, 6.07) is 13.2. The lowest BCUT2D eigenvalue weighted by atomic mass is 9.96. The molecule has 0 radical (unpaired) electrons. The maximum atomic E-state index is 12.0. The Hall–Kier alpha value is -3.29. The first kappa shape index (κ1) is 15.6. The van der Waals surface area contributed by atoms with Crippen LogP contribution >= 0.6 is 11.8 Å². The zero-order valence-electron chi connectivity index (χ0n) is 12.6. The third-order valence-corrected chi connectivity index (χ3v) is 4.32. The summed E-state index contributed by atoms with van der Waals surface area (Å²) in [6.07, 6.45) is 1.80. The number of nitriles is 2. The minimum Gasteiger partial charge on any atom is -0.397 e. The first-order chi connectivity index (χ1) is 11.6. The molecule has 0 aliphatic rings. The molecule has 24 heavy (non-hydrogen) atoms. The number of pyridine rings is 2. The molecule has 0 bridgehead atoms. The molecule has 0 spiro atoms. The van der Waals surface area contributed by atoms with E-state index in [1.807, 2.05) is 36.4 Å². The number of fused-ring (bicyclic) bond motifs is 1. The van der Waals surface area contributed by atoms with Gasteiger partial charge in [0.15, 0.2) is 0 Å². The first-order valence-corrected chi connectivity index (χ1v) is 8.14. The van der Waals surface area contributed by atoms with Crippen molar-refractivity contribution in [2.75, 3.05) is 12.0 Å². The fourth-order valence-electron chi connectivity index (χ4n) is 2.59. The molecule has 0 saturated carbocycles. The molecule has 3 rings (SSSR count). The van der Waals surface area contributed by atoms with Crippen molar-refractivity contribution < 1.29 is 0 Å². The van der Waals surface area contributed by atoms with Crippen LogP contribution in [-0.4, -0.2) is 16.2 Å². The number of H-pyrrole nitrogens is 1. The van der Waals surface area contributed by atoms with Crippen molar-refractivity contribution in [3.8, 4) is 23.3 Å². The highest BCUT2D eigenvalue weighted by molar-refractivity contribution is 7.98. The third-order valence-electron chi connectivity index (χ3n) is 3.64. The summed E-state index contributed by atoms with van der Waals surface area (Å²) in [5.74, 6) is 0. The molecule has 2 aromatic heterocycles. The van der Waals surface area contributed by atoms with Crippen molar-refractivity contribution in [3.63, 3.8) is 0 Å². The zero-order valence-corrected chi connectivity index (χ0v) is 13.4. The summed E-state index contributed by atoms with van der Waals surface area (Å²) in [5.41, 5.74) is 7.31. The highest BCUT2D eigenvalue weighted by Crippen LogP contribution is 2.37. The van der Waals surface area contributed by atoms with Gasteiger partial charge in [0, 0.05) is 5.56 Å². The normalized spacial score (nSPS) is 10.3. The molecule has 0 aliphatic carbocycles. The number of aromatic nitrogens is 2. The average molecular weight is 333 g/mol. The molecule has 0 fully saturated rings. The fourth-order valence-corrected chi connectivity index (χ4v) is 3.12. The summed E-state index contributed by atoms with van der Waals surface area (Å²) in [5, 5.41) is 19.7. The lowest BCUT2D eigenvalue weighted by Gasteiger charge is -2.14. The van der Waals surface area contributed by atoms with Gasteiger partial charge in [0.25, 0.3) is 5.56 Å². The third kappa shape index (κ3) is 2.28. The molecule has 0 saturated heterocycles. The van der Waals surface area contributed by atoms with E-state index in [0.29, 0.717) is 21.5 Å². The Kier molecular flexibility index (Phi) is 3.95. The van der Waals surface area contributed by atoms with E-state index in [-0.39, 0.29) is 16.9 Å². The standard InChI is InChI=1S/C17H11N5OS/c1-24-17-10(7-18)12(9-5-3-2-4-6-9)13-14(20)11(8-19)16(23)21-15(13)22-17/h2-6H,1H3,(H3,20,21,22,23). The van der Waals surface area contributed by atoms with Gasteiger partial charge in [-0.1, -0.05) is 30.3 Å². The van der Waals surface area contributed by atoms with Gasteiger partial charge < -0.3 is 10.7 Å². The van der Waals surface area contributed by atoms with Gasteiger partial charge in [-0.05, 0) is 11.8 Å². The number of nitrogens with one attached hydrogen (secondary N) is 1. The largest absolute Gasteiger partial charge is 0.397 e. The van der Waals surface area contributed by atoms with Gasteiger partial charge in [0.05, 0.1) is 16.6 Å². The Morgan fingerprint density at radius 1 is 1.17 bits per heavy atom. The summed E-state index contributed by atoms with van der Waals surface area (Å²) >= 11 is 1.30. The second kappa shape index (κ2) is 6.07. The van der Waals surface area contributed by atoms with Crippen molar-refractivity contribution in [1.82, 2.24) is 9.97 Å². The molecule has 0 unspecified atom stereocenters. The van der Waals surface area contributed by atoms with Crippen LogP contribution in [0.5, 0.6) is 0 Å². The number of anilines is 1. The summed E-state index contributed by atoms with van der Waals surface area (Å²) in [7, 11) is 0. The van der Waals surface area contributed by atoms with Crippen molar-refractivity contribution in [1.29, 1.82) is 10.5 Å². The topological polar surface area (TPSA) is 119 Å². The van der Waals surface area contributed by atoms with Crippen molar-refractivity contribution in [2.24, 2.45) is 0 Å². The van der Waals surface area contributed by atoms with Gasteiger partial charge in [-0.2, -0.15) is 10.5 Å². The smallest absolute Gasteiger partial charge is 0.269 e. The Labute approximate surface area is 141 Å². The molecule has 2 heterocycles. The monoisotopic (exact) mass is 333 g/mol. The molecular formula is C17H11N5OS. The molecule has 3 N–H and O–H groups in total. The number of nitrogens with zero attached hydrogens (tertiary/aromatic N) is 3. The Morgan fingerprint density at radius 2 is 1.83 bits per heavy atom. The summed E-state index contributed by atoms with van der Waals surface area (Å²) in [6.45, 7) is 0.